The highest BCUT2D eigenvalue weighted by molar-refractivity contribution is 5.99. The van der Waals surface area contributed by atoms with E-state index in [0.29, 0.717) is 17.4 Å². The molecule has 0 fully saturated rings. The van der Waals surface area contributed by atoms with Crippen LogP contribution in [-0.4, -0.2) is 36.5 Å². The number of allylic oxidation sites excluding steroid dienone is 1. The lowest BCUT2D eigenvalue weighted by atomic mass is 9.90. The fourth-order valence-corrected chi connectivity index (χ4v) is 2.92. The van der Waals surface area contributed by atoms with Gasteiger partial charge in [0.05, 0.1) is 13.2 Å². The van der Waals surface area contributed by atoms with E-state index >= 15 is 0 Å². The van der Waals surface area contributed by atoms with Gasteiger partial charge in [0.15, 0.2) is 5.78 Å². The lowest BCUT2D eigenvalue weighted by Gasteiger charge is -2.22. The molecule has 2 amide bonds. The summed E-state index contributed by atoms with van der Waals surface area (Å²) in [5, 5.41) is 5.36. The molecule has 2 N–H and O–H groups in total. The van der Waals surface area contributed by atoms with E-state index in [-0.39, 0.29) is 24.0 Å². The molecule has 172 valence electrons. The summed E-state index contributed by atoms with van der Waals surface area (Å²) in [5.41, 5.74) is 0.0228. The van der Waals surface area contributed by atoms with E-state index in [0.717, 1.165) is 6.42 Å². The van der Waals surface area contributed by atoms with Gasteiger partial charge in [0.2, 0.25) is 5.91 Å². The predicted molar refractivity (Wildman–Crippen MR) is 122 cm³/mol. The number of hydrogen-bond acceptors (Lipinski definition) is 5. The van der Waals surface area contributed by atoms with Gasteiger partial charge in [-0.15, -0.1) is 0 Å². The topological polar surface area (TPSA) is 93.7 Å². The van der Waals surface area contributed by atoms with Crippen LogP contribution in [0.5, 0.6) is 5.75 Å². The number of benzene rings is 1. The van der Waals surface area contributed by atoms with Gasteiger partial charge in [-0.05, 0) is 76.3 Å². The molecule has 0 aliphatic rings. The SMILES string of the molecule is COc1ccc(NC(=O)/C=C/[C@@H](CC(=O)[C@H](C)NC(=O)OC(C)(C)C)CC(C)C)cc1. The molecule has 1 aromatic rings. The van der Waals surface area contributed by atoms with Crippen molar-refractivity contribution >= 4 is 23.5 Å². The van der Waals surface area contributed by atoms with Gasteiger partial charge < -0.3 is 20.1 Å². The Morgan fingerprint density at radius 1 is 1.06 bits per heavy atom. The van der Waals surface area contributed by atoms with Crippen LogP contribution in [0.2, 0.25) is 0 Å². The van der Waals surface area contributed by atoms with Crippen LogP contribution in [0.1, 0.15) is 54.4 Å². The molecule has 0 aliphatic carbocycles. The van der Waals surface area contributed by atoms with Crippen molar-refractivity contribution in [2.75, 3.05) is 12.4 Å². The predicted octanol–water partition coefficient (Wildman–Crippen LogP) is 4.72. The second kappa shape index (κ2) is 12.1. The van der Waals surface area contributed by atoms with Crippen LogP contribution in [0.15, 0.2) is 36.4 Å². The standard InChI is InChI=1S/C24H36N2O5/c1-16(2)14-18(15-21(27)17(3)25-23(29)31-24(4,5)6)8-13-22(28)26-19-9-11-20(30-7)12-10-19/h8-13,16-18H,14-15H2,1-7H3,(H,25,29)(H,26,28)/b13-8+/t17-,18+/m0/s1. The number of methoxy groups -OCH3 is 1. The Labute approximate surface area is 185 Å². The number of amides is 2. The number of alkyl carbamates (subject to hydrolysis) is 1. The Kier molecular flexibility index (Phi) is 10.3. The molecule has 0 radical (unpaired) electrons. The van der Waals surface area contributed by atoms with E-state index in [1.54, 1.807) is 65.1 Å². The molecule has 0 aliphatic heterocycles. The van der Waals surface area contributed by atoms with E-state index < -0.39 is 17.7 Å². The van der Waals surface area contributed by atoms with Crippen molar-refractivity contribution in [3.05, 3.63) is 36.4 Å². The zero-order valence-electron chi connectivity index (χ0n) is 19.7. The van der Waals surface area contributed by atoms with Crippen LogP contribution in [0.3, 0.4) is 0 Å². The lowest BCUT2D eigenvalue weighted by molar-refractivity contribution is -0.121. The van der Waals surface area contributed by atoms with E-state index in [2.05, 4.69) is 24.5 Å². The van der Waals surface area contributed by atoms with Gasteiger partial charge in [0, 0.05) is 12.1 Å². The summed E-state index contributed by atoms with van der Waals surface area (Å²) >= 11 is 0. The molecule has 2 atom stereocenters. The van der Waals surface area contributed by atoms with Gasteiger partial charge in [-0.25, -0.2) is 4.79 Å². The Hall–Kier alpha value is -2.83. The molecule has 31 heavy (non-hydrogen) atoms. The number of rotatable bonds is 10. The van der Waals surface area contributed by atoms with Crippen molar-refractivity contribution in [1.29, 1.82) is 0 Å². The number of Topliss-reactive ketones (excluding diaryl/α,β-unsaturated/α-hetero) is 1. The molecule has 0 saturated heterocycles. The van der Waals surface area contributed by atoms with Crippen molar-refractivity contribution in [1.82, 2.24) is 5.32 Å². The van der Waals surface area contributed by atoms with Crippen LogP contribution in [-0.2, 0) is 14.3 Å². The monoisotopic (exact) mass is 432 g/mol. The number of ether oxygens (including phenoxy) is 2. The normalized spacial score (nSPS) is 13.5. The maximum atomic E-state index is 12.6. The molecule has 0 unspecified atom stereocenters. The first kappa shape index (κ1) is 26.2. The fourth-order valence-electron chi connectivity index (χ4n) is 2.92. The maximum Gasteiger partial charge on any atom is 0.408 e. The van der Waals surface area contributed by atoms with Gasteiger partial charge in [0.1, 0.15) is 11.4 Å². The Bertz CT molecular complexity index is 763. The van der Waals surface area contributed by atoms with E-state index in [1.807, 2.05) is 0 Å². The highest BCUT2D eigenvalue weighted by atomic mass is 16.6. The number of hydrogen-bond donors (Lipinski definition) is 2. The quantitative estimate of drug-likeness (QED) is 0.522. The molecule has 7 heteroatoms. The first-order valence-corrected chi connectivity index (χ1v) is 10.5. The molecule has 0 aromatic heterocycles. The van der Waals surface area contributed by atoms with E-state index in [4.69, 9.17) is 9.47 Å². The second-order valence-corrected chi connectivity index (χ2v) is 9.00. The Morgan fingerprint density at radius 2 is 1.68 bits per heavy atom. The molecule has 0 bridgehead atoms. The Balaban J connectivity index is 2.68. The largest absolute Gasteiger partial charge is 0.497 e. The van der Waals surface area contributed by atoms with Crippen molar-refractivity contribution in [3.8, 4) is 5.75 Å². The van der Waals surface area contributed by atoms with Gasteiger partial charge in [-0.2, -0.15) is 0 Å². The number of carbonyl (C=O) groups is 3. The molecule has 0 spiro atoms. The third-order valence-electron chi connectivity index (χ3n) is 4.33. The minimum Gasteiger partial charge on any atom is -0.497 e. The summed E-state index contributed by atoms with van der Waals surface area (Å²) in [7, 11) is 1.58. The van der Waals surface area contributed by atoms with Gasteiger partial charge in [-0.1, -0.05) is 19.9 Å². The summed E-state index contributed by atoms with van der Waals surface area (Å²) in [5.74, 6) is 0.555. The maximum absolute atomic E-state index is 12.6. The first-order chi connectivity index (χ1) is 14.4. The molecule has 0 saturated carbocycles. The van der Waals surface area contributed by atoms with Crippen LogP contribution in [0, 0.1) is 11.8 Å². The summed E-state index contributed by atoms with van der Waals surface area (Å²) in [6, 6.07) is 6.36. The summed E-state index contributed by atoms with van der Waals surface area (Å²) in [4.78, 5) is 36.8. The van der Waals surface area contributed by atoms with Gasteiger partial charge in [0.25, 0.3) is 0 Å². The number of nitrogens with one attached hydrogen (secondary N) is 2. The van der Waals surface area contributed by atoms with Crippen LogP contribution >= 0.6 is 0 Å². The highest BCUT2D eigenvalue weighted by Crippen LogP contribution is 2.19. The van der Waals surface area contributed by atoms with Crippen molar-refractivity contribution in [3.63, 3.8) is 0 Å². The summed E-state index contributed by atoms with van der Waals surface area (Å²) in [6.45, 7) is 11.0. The van der Waals surface area contributed by atoms with Crippen molar-refractivity contribution < 1.29 is 23.9 Å². The smallest absolute Gasteiger partial charge is 0.408 e. The van der Waals surface area contributed by atoms with E-state index in [1.165, 1.54) is 6.08 Å². The minimum absolute atomic E-state index is 0.114. The molecular formula is C24H36N2O5. The zero-order chi connectivity index (χ0) is 23.6. The number of anilines is 1. The zero-order valence-corrected chi connectivity index (χ0v) is 19.7. The molecule has 1 rings (SSSR count). The minimum atomic E-state index is -0.675. The molecule has 0 heterocycles. The third kappa shape index (κ3) is 11.2. The molecular weight excluding hydrogens is 396 g/mol. The Morgan fingerprint density at radius 3 is 2.19 bits per heavy atom. The van der Waals surface area contributed by atoms with E-state index in [9.17, 15) is 14.4 Å². The number of carbonyl (C=O) groups excluding carboxylic acids is 3. The third-order valence-corrected chi connectivity index (χ3v) is 4.33. The van der Waals surface area contributed by atoms with Gasteiger partial charge >= 0.3 is 6.09 Å². The summed E-state index contributed by atoms with van der Waals surface area (Å²) < 4.78 is 10.3. The van der Waals surface area contributed by atoms with Crippen molar-refractivity contribution in [2.24, 2.45) is 11.8 Å². The fraction of sp³-hybridized carbons (Fsp3) is 0.542. The lowest BCUT2D eigenvalue weighted by Crippen LogP contribution is -2.42. The van der Waals surface area contributed by atoms with Crippen LogP contribution in [0.25, 0.3) is 0 Å². The van der Waals surface area contributed by atoms with Crippen LogP contribution < -0.4 is 15.4 Å². The highest BCUT2D eigenvalue weighted by Gasteiger charge is 2.23. The number of ketones is 1. The second-order valence-electron chi connectivity index (χ2n) is 9.00. The van der Waals surface area contributed by atoms with Crippen molar-refractivity contribution in [2.45, 2.75) is 66.0 Å². The average molecular weight is 433 g/mol. The molecule has 7 nitrogen and oxygen atoms in total. The first-order valence-electron chi connectivity index (χ1n) is 10.5. The molecule has 1 aromatic carbocycles. The van der Waals surface area contributed by atoms with Gasteiger partial charge in [-0.3, -0.25) is 9.59 Å². The average Bonchev–Trinajstić information content (AvgIpc) is 2.64. The summed E-state index contributed by atoms with van der Waals surface area (Å²) in [6.07, 6.45) is 3.56. The van der Waals surface area contributed by atoms with Crippen LogP contribution in [0.4, 0.5) is 10.5 Å².